The lowest BCUT2D eigenvalue weighted by atomic mass is 10.2. The van der Waals surface area contributed by atoms with Crippen LogP contribution in [-0.4, -0.2) is 45.6 Å². The molecule has 25 heavy (non-hydrogen) atoms. The number of para-hydroxylation sites is 2. The maximum atomic E-state index is 10.4. The maximum absolute atomic E-state index is 10.4. The van der Waals surface area contributed by atoms with Gasteiger partial charge in [0.05, 0.1) is 24.2 Å². The van der Waals surface area contributed by atoms with Crippen LogP contribution in [0.2, 0.25) is 0 Å². The molecule has 0 spiro atoms. The fourth-order valence-electron chi connectivity index (χ4n) is 2.65. The SMILES string of the molecule is Cc1ccc(OCC(O)Cn2c(NCCO)nc3ccccc32)cc1. The van der Waals surface area contributed by atoms with Crippen LogP contribution < -0.4 is 10.1 Å². The number of benzene rings is 2. The zero-order valence-electron chi connectivity index (χ0n) is 14.2. The number of ether oxygens (including phenoxy) is 1. The van der Waals surface area contributed by atoms with Crippen molar-refractivity contribution in [1.82, 2.24) is 9.55 Å². The molecule has 3 N–H and O–H groups in total. The quantitative estimate of drug-likeness (QED) is 0.585. The van der Waals surface area contributed by atoms with Gasteiger partial charge in [0.2, 0.25) is 5.95 Å². The average molecular weight is 341 g/mol. The van der Waals surface area contributed by atoms with E-state index in [1.807, 2.05) is 60.0 Å². The lowest BCUT2D eigenvalue weighted by molar-refractivity contribution is 0.0938. The second-order valence-electron chi connectivity index (χ2n) is 5.96. The molecule has 6 heteroatoms. The summed E-state index contributed by atoms with van der Waals surface area (Å²) in [6.45, 7) is 2.97. The van der Waals surface area contributed by atoms with Crippen molar-refractivity contribution in [3.05, 3.63) is 54.1 Å². The summed E-state index contributed by atoms with van der Waals surface area (Å²) in [5, 5.41) is 22.5. The number of imidazole rings is 1. The van der Waals surface area contributed by atoms with Gasteiger partial charge in [0.1, 0.15) is 18.5 Å². The number of nitrogens with one attached hydrogen (secondary N) is 1. The van der Waals surface area contributed by atoms with Crippen LogP contribution >= 0.6 is 0 Å². The van der Waals surface area contributed by atoms with Crippen molar-refractivity contribution >= 4 is 17.0 Å². The fraction of sp³-hybridized carbons (Fsp3) is 0.316. The Balaban J connectivity index is 1.70. The third-order valence-electron chi connectivity index (χ3n) is 3.91. The minimum absolute atomic E-state index is 0.0162. The van der Waals surface area contributed by atoms with Crippen LogP contribution in [0, 0.1) is 6.92 Å². The zero-order valence-corrected chi connectivity index (χ0v) is 14.2. The Morgan fingerprint density at radius 3 is 2.68 bits per heavy atom. The van der Waals surface area contributed by atoms with Crippen molar-refractivity contribution in [2.24, 2.45) is 0 Å². The first-order valence-corrected chi connectivity index (χ1v) is 8.35. The summed E-state index contributed by atoms with van der Waals surface area (Å²) in [4.78, 5) is 4.52. The van der Waals surface area contributed by atoms with E-state index in [0.717, 1.165) is 22.3 Å². The summed E-state index contributed by atoms with van der Waals surface area (Å²) < 4.78 is 7.57. The predicted molar refractivity (Wildman–Crippen MR) is 98.0 cm³/mol. The van der Waals surface area contributed by atoms with Gasteiger partial charge in [-0.1, -0.05) is 29.8 Å². The highest BCUT2D eigenvalue weighted by atomic mass is 16.5. The summed E-state index contributed by atoms with van der Waals surface area (Å²) in [5.74, 6) is 1.36. The molecule has 132 valence electrons. The van der Waals surface area contributed by atoms with Crippen molar-refractivity contribution < 1.29 is 14.9 Å². The molecule has 0 bridgehead atoms. The normalized spacial score (nSPS) is 12.3. The number of aromatic nitrogens is 2. The molecule has 1 aromatic heterocycles. The number of anilines is 1. The van der Waals surface area contributed by atoms with E-state index in [1.165, 1.54) is 0 Å². The monoisotopic (exact) mass is 341 g/mol. The van der Waals surface area contributed by atoms with Gasteiger partial charge in [0.15, 0.2) is 0 Å². The largest absolute Gasteiger partial charge is 0.491 e. The van der Waals surface area contributed by atoms with Crippen LogP contribution in [0.5, 0.6) is 5.75 Å². The molecule has 1 unspecified atom stereocenters. The summed E-state index contributed by atoms with van der Waals surface area (Å²) in [6.07, 6.45) is -0.686. The molecule has 3 aromatic rings. The molecular weight excluding hydrogens is 318 g/mol. The van der Waals surface area contributed by atoms with E-state index < -0.39 is 6.10 Å². The Hall–Kier alpha value is -2.57. The van der Waals surface area contributed by atoms with Crippen LogP contribution in [0.3, 0.4) is 0 Å². The molecule has 1 heterocycles. The molecule has 0 saturated carbocycles. The van der Waals surface area contributed by atoms with E-state index in [4.69, 9.17) is 9.84 Å². The van der Waals surface area contributed by atoms with E-state index in [1.54, 1.807) is 0 Å². The van der Waals surface area contributed by atoms with Gasteiger partial charge in [0, 0.05) is 6.54 Å². The lowest BCUT2D eigenvalue weighted by Gasteiger charge is -2.16. The van der Waals surface area contributed by atoms with Gasteiger partial charge in [-0.05, 0) is 31.2 Å². The summed E-state index contributed by atoms with van der Waals surface area (Å²) in [6, 6.07) is 15.5. The summed E-state index contributed by atoms with van der Waals surface area (Å²) >= 11 is 0. The number of hydrogen-bond donors (Lipinski definition) is 3. The Morgan fingerprint density at radius 1 is 1.16 bits per heavy atom. The Labute approximate surface area is 146 Å². The Morgan fingerprint density at radius 2 is 1.92 bits per heavy atom. The molecule has 0 amide bonds. The molecule has 0 aliphatic carbocycles. The molecule has 6 nitrogen and oxygen atoms in total. The van der Waals surface area contributed by atoms with E-state index in [0.29, 0.717) is 19.0 Å². The molecule has 0 radical (unpaired) electrons. The molecule has 0 aliphatic rings. The summed E-state index contributed by atoms with van der Waals surface area (Å²) in [7, 11) is 0. The first-order valence-electron chi connectivity index (χ1n) is 8.35. The fourth-order valence-corrected chi connectivity index (χ4v) is 2.65. The van der Waals surface area contributed by atoms with Gasteiger partial charge < -0.3 is 24.8 Å². The number of fused-ring (bicyclic) bond motifs is 1. The van der Waals surface area contributed by atoms with E-state index in [2.05, 4.69) is 10.3 Å². The van der Waals surface area contributed by atoms with Gasteiger partial charge in [-0.2, -0.15) is 0 Å². The van der Waals surface area contributed by atoms with Gasteiger partial charge in [-0.25, -0.2) is 4.98 Å². The minimum atomic E-state index is -0.686. The van der Waals surface area contributed by atoms with Crippen molar-refractivity contribution in [3.63, 3.8) is 0 Å². The highest BCUT2D eigenvalue weighted by Crippen LogP contribution is 2.20. The van der Waals surface area contributed by atoms with Crippen LogP contribution in [-0.2, 0) is 6.54 Å². The molecule has 0 aliphatic heterocycles. The average Bonchev–Trinajstić information content (AvgIpc) is 2.97. The van der Waals surface area contributed by atoms with Crippen LogP contribution in [0.25, 0.3) is 11.0 Å². The second-order valence-corrected chi connectivity index (χ2v) is 5.96. The Bertz CT molecular complexity index is 814. The molecule has 0 saturated heterocycles. The third-order valence-corrected chi connectivity index (χ3v) is 3.91. The highest BCUT2D eigenvalue weighted by molar-refractivity contribution is 5.78. The van der Waals surface area contributed by atoms with Crippen LogP contribution in [0.1, 0.15) is 5.56 Å². The van der Waals surface area contributed by atoms with E-state index in [-0.39, 0.29) is 13.2 Å². The van der Waals surface area contributed by atoms with Crippen LogP contribution in [0.15, 0.2) is 48.5 Å². The molecule has 3 rings (SSSR count). The highest BCUT2D eigenvalue weighted by Gasteiger charge is 2.14. The number of aryl methyl sites for hydroxylation is 1. The van der Waals surface area contributed by atoms with E-state index in [9.17, 15) is 5.11 Å². The molecule has 2 aromatic carbocycles. The standard InChI is InChI=1S/C19H23N3O3/c1-14-6-8-16(9-7-14)25-13-15(24)12-22-18-5-3-2-4-17(18)21-19(22)20-10-11-23/h2-9,15,23-24H,10-13H2,1H3,(H,20,21). The molecular formula is C19H23N3O3. The van der Waals surface area contributed by atoms with Crippen molar-refractivity contribution in [1.29, 1.82) is 0 Å². The number of hydrogen-bond acceptors (Lipinski definition) is 5. The Kier molecular flexibility index (Phi) is 5.53. The maximum Gasteiger partial charge on any atom is 0.204 e. The van der Waals surface area contributed by atoms with Crippen molar-refractivity contribution in [2.75, 3.05) is 25.1 Å². The first-order chi connectivity index (χ1) is 12.2. The summed E-state index contributed by atoms with van der Waals surface area (Å²) in [5.41, 5.74) is 2.93. The topological polar surface area (TPSA) is 79.5 Å². The lowest BCUT2D eigenvalue weighted by Crippen LogP contribution is -2.25. The molecule has 1 atom stereocenters. The van der Waals surface area contributed by atoms with Gasteiger partial charge >= 0.3 is 0 Å². The van der Waals surface area contributed by atoms with Crippen molar-refractivity contribution in [3.8, 4) is 5.75 Å². The van der Waals surface area contributed by atoms with E-state index >= 15 is 0 Å². The van der Waals surface area contributed by atoms with Gasteiger partial charge in [0.25, 0.3) is 0 Å². The van der Waals surface area contributed by atoms with Crippen LogP contribution in [0.4, 0.5) is 5.95 Å². The minimum Gasteiger partial charge on any atom is -0.491 e. The smallest absolute Gasteiger partial charge is 0.204 e. The number of nitrogens with zero attached hydrogens (tertiary/aromatic N) is 2. The van der Waals surface area contributed by atoms with Gasteiger partial charge in [-0.15, -0.1) is 0 Å². The second kappa shape index (κ2) is 8.00. The number of aliphatic hydroxyl groups is 2. The molecule has 0 fully saturated rings. The van der Waals surface area contributed by atoms with Crippen molar-refractivity contribution in [2.45, 2.75) is 19.6 Å². The third kappa shape index (κ3) is 4.29. The van der Waals surface area contributed by atoms with Gasteiger partial charge in [-0.3, -0.25) is 0 Å². The number of rotatable bonds is 8. The number of aliphatic hydroxyl groups excluding tert-OH is 2. The zero-order chi connectivity index (χ0) is 17.6. The first kappa shape index (κ1) is 17.3. The predicted octanol–water partition coefficient (Wildman–Crippen LogP) is 2.19.